The van der Waals surface area contributed by atoms with Gasteiger partial charge in [-0.2, -0.15) is 5.10 Å². The molecule has 5 nitrogen and oxygen atoms in total. The van der Waals surface area contributed by atoms with Crippen LogP contribution in [-0.4, -0.2) is 20.9 Å². The van der Waals surface area contributed by atoms with E-state index in [1.54, 1.807) is 0 Å². The normalized spacial score (nSPS) is 10.7. The monoisotopic (exact) mass is 205 g/mol. The Morgan fingerprint density at radius 3 is 2.87 bits per heavy atom. The number of carbonyl (C=O) groups is 1. The molecular weight excluding hydrogens is 194 g/mol. The molecule has 0 radical (unpaired) electrons. The van der Waals surface area contributed by atoms with Crippen LogP contribution in [0.3, 0.4) is 0 Å². The van der Waals surface area contributed by atoms with E-state index in [4.69, 9.17) is 10.8 Å². The van der Waals surface area contributed by atoms with Crippen LogP contribution in [0.4, 0.5) is 0 Å². The predicted molar refractivity (Wildman–Crippen MR) is 55.3 cm³/mol. The lowest BCUT2D eigenvalue weighted by Crippen LogP contribution is -2.10. The van der Waals surface area contributed by atoms with Crippen LogP contribution >= 0.6 is 0 Å². The second-order valence-corrected chi connectivity index (χ2v) is 3.22. The number of hydrogen-bond donors (Lipinski definition) is 2. The fourth-order valence-electron chi connectivity index (χ4n) is 1.60. The third-order valence-electron chi connectivity index (χ3n) is 2.21. The second kappa shape index (κ2) is 3.70. The minimum atomic E-state index is -0.910. The largest absolute Gasteiger partial charge is 0.480 e. The van der Waals surface area contributed by atoms with Crippen molar-refractivity contribution in [2.24, 2.45) is 5.73 Å². The Morgan fingerprint density at radius 2 is 2.20 bits per heavy atom. The van der Waals surface area contributed by atoms with Gasteiger partial charge in [0.1, 0.15) is 6.54 Å². The van der Waals surface area contributed by atoms with E-state index in [1.165, 1.54) is 4.68 Å². The molecule has 2 rings (SSSR count). The standard InChI is InChI=1S/C10H11N3O2/c11-5-8-7-3-1-2-4-9(7)13(12-8)6-10(14)15/h1-4H,5-6,11H2,(H,14,15). The summed E-state index contributed by atoms with van der Waals surface area (Å²) in [6.45, 7) is 0.174. The van der Waals surface area contributed by atoms with Crippen LogP contribution < -0.4 is 5.73 Å². The third kappa shape index (κ3) is 1.69. The Bertz CT molecular complexity index is 504. The van der Waals surface area contributed by atoms with Crippen LogP contribution in [0.1, 0.15) is 5.69 Å². The first-order valence-electron chi connectivity index (χ1n) is 4.58. The van der Waals surface area contributed by atoms with Crippen LogP contribution in [0.5, 0.6) is 0 Å². The number of aliphatic carboxylic acids is 1. The topological polar surface area (TPSA) is 81.1 Å². The average molecular weight is 205 g/mol. The molecule has 1 heterocycles. The maximum atomic E-state index is 10.6. The number of nitrogens with two attached hydrogens (primary N) is 1. The maximum Gasteiger partial charge on any atom is 0.325 e. The highest BCUT2D eigenvalue weighted by Gasteiger charge is 2.10. The Kier molecular flexibility index (Phi) is 2.39. The number of benzene rings is 1. The van der Waals surface area contributed by atoms with Gasteiger partial charge in [-0.25, -0.2) is 0 Å². The highest BCUT2D eigenvalue weighted by Crippen LogP contribution is 2.17. The predicted octanol–water partition coefficient (Wildman–Crippen LogP) is 0.580. The summed E-state index contributed by atoms with van der Waals surface area (Å²) in [5.74, 6) is -0.910. The molecule has 0 unspecified atom stereocenters. The summed E-state index contributed by atoms with van der Waals surface area (Å²) in [4.78, 5) is 10.6. The molecule has 0 bridgehead atoms. The van der Waals surface area contributed by atoms with E-state index >= 15 is 0 Å². The first-order chi connectivity index (χ1) is 7.22. The Morgan fingerprint density at radius 1 is 1.47 bits per heavy atom. The summed E-state index contributed by atoms with van der Waals surface area (Å²) in [6.07, 6.45) is 0. The van der Waals surface area contributed by atoms with E-state index in [1.807, 2.05) is 24.3 Å². The van der Waals surface area contributed by atoms with Crippen molar-refractivity contribution in [1.29, 1.82) is 0 Å². The SMILES string of the molecule is NCc1nn(CC(=O)O)c2ccccc12. The quantitative estimate of drug-likeness (QED) is 0.768. The number of para-hydroxylation sites is 1. The Hall–Kier alpha value is -1.88. The zero-order valence-corrected chi connectivity index (χ0v) is 8.05. The van der Waals surface area contributed by atoms with Gasteiger partial charge in [-0.3, -0.25) is 9.48 Å². The lowest BCUT2D eigenvalue weighted by molar-refractivity contribution is -0.137. The van der Waals surface area contributed by atoms with Gasteiger partial charge in [-0.15, -0.1) is 0 Å². The van der Waals surface area contributed by atoms with E-state index in [-0.39, 0.29) is 6.54 Å². The second-order valence-electron chi connectivity index (χ2n) is 3.22. The average Bonchev–Trinajstić information content (AvgIpc) is 2.56. The number of nitrogens with zero attached hydrogens (tertiary/aromatic N) is 2. The molecule has 5 heteroatoms. The van der Waals surface area contributed by atoms with E-state index in [0.29, 0.717) is 6.54 Å². The molecule has 1 aromatic heterocycles. The first-order valence-corrected chi connectivity index (χ1v) is 4.58. The van der Waals surface area contributed by atoms with Crippen molar-refractivity contribution in [3.8, 4) is 0 Å². The van der Waals surface area contributed by atoms with Crippen LogP contribution in [-0.2, 0) is 17.9 Å². The van der Waals surface area contributed by atoms with Crippen molar-refractivity contribution in [2.45, 2.75) is 13.1 Å². The van der Waals surface area contributed by atoms with Gasteiger partial charge < -0.3 is 10.8 Å². The van der Waals surface area contributed by atoms with E-state index in [2.05, 4.69) is 5.10 Å². The fraction of sp³-hybridized carbons (Fsp3) is 0.200. The van der Waals surface area contributed by atoms with Crippen LogP contribution in [0.15, 0.2) is 24.3 Å². The molecule has 0 atom stereocenters. The summed E-state index contributed by atoms with van der Waals surface area (Å²) < 4.78 is 1.46. The highest BCUT2D eigenvalue weighted by molar-refractivity contribution is 5.83. The van der Waals surface area contributed by atoms with Gasteiger partial charge in [-0.1, -0.05) is 18.2 Å². The molecule has 0 aliphatic rings. The number of carboxylic acid groups (broad SMARTS) is 1. The summed E-state index contributed by atoms with van der Waals surface area (Å²) in [5.41, 5.74) is 7.07. The van der Waals surface area contributed by atoms with Gasteiger partial charge in [0.2, 0.25) is 0 Å². The van der Waals surface area contributed by atoms with Crippen molar-refractivity contribution in [1.82, 2.24) is 9.78 Å². The smallest absolute Gasteiger partial charge is 0.325 e. The molecule has 0 saturated carbocycles. The molecule has 0 aliphatic heterocycles. The van der Waals surface area contributed by atoms with Crippen molar-refractivity contribution < 1.29 is 9.90 Å². The zero-order chi connectivity index (χ0) is 10.8. The van der Waals surface area contributed by atoms with Crippen molar-refractivity contribution in [2.75, 3.05) is 0 Å². The number of hydrogen-bond acceptors (Lipinski definition) is 3. The van der Waals surface area contributed by atoms with E-state index < -0.39 is 5.97 Å². The number of aromatic nitrogens is 2. The lowest BCUT2D eigenvalue weighted by Gasteiger charge is -1.97. The molecule has 1 aromatic carbocycles. The van der Waals surface area contributed by atoms with Gasteiger partial charge in [0.25, 0.3) is 0 Å². The molecule has 0 amide bonds. The summed E-state index contributed by atoms with van der Waals surface area (Å²) in [6, 6.07) is 7.46. The Balaban J connectivity index is 2.59. The molecule has 2 aromatic rings. The minimum Gasteiger partial charge on any atom is -0.480 e. The molecule has 0 spiro atoms. The minimum absolute atomic E-state index is 0.138. The van der Waals surface area contributed by atoms with Crippen LogP contribution in [0, 0.1) is 0 Å². The maximum absolute atomic E-state index is 10.6. The van der Waals surface area contributed by atoms with Crippen molar-refractivity contribution in [3.63, 3.8) is 0 Å². The summed E-state index contributed by atoms with van der Waals surface area (Å²) in [7, 11) is 0. The van der Waals surface area contributed by atoms with Gasteiger partial charge in [0, 0.05) is 11.9 Å². The third-order valence-corrected chi connectivity index (χ3v) is 2.21. The highest BCUT2D eigenvalue weighted by atomic mass is 16.4. The van der Waals surface area contributed by atoms with Gasteiger partial charge in [0.05, 0.1) is 11.2 Å². The molecule has 3 N–H and O–H groups in total. The summed E-state index contributed by atoms with van der Waals surface area (Å²) in [5, 5.41) is 13.8. The molecule has 78 valence electrons. The molecular formula is C10H11N3O2. The number of carboxylic acids is 1. The van der Waals surface area contributed by atoms with E-state index in [0.717, 1.165) is 16.6 Å². The van der Waals surface area contributed by atoms with Crippen LogP contribution in [0.25, 0.3) is 10.9 Å². The van der Waals surface area contributed by atoms with Gasteiger partial charge in [0.15, 0.2) is 0 Å². The summed E-state index contributed by atoms with van der Waals surface area (Å²) >= 11 is 0. The molecule has 15 heavy (non-hydrogen) atoms. The Labute approximate surface area is 86.1 Å². The first kappa shape index (κ1) is 9.67. The van der Waals surface area contributed by atoms with Crippen molar-refractivity contribution in [3.05, 3.63) is 30.0 Å². The molecule has 0 saturated heterocycles. The van der Waals surface area contributed by atoms with Gasteiger partial charge >= 0.3 is 5.97 Å². The molecule has 0 aliphatic carbocycles. The number of fused-ring (bicyclic) bond motifs is 1. The fourth-order valence-corrected chi connectivity index (χ4v) is 1.60. The van der Waals surface area contributed by atoms with Crippen LogP contribution in [0.2, 0.25) is 0 Å². The van der Waals surface area contributed by atoms with Crippen molar-refractivity contribution >= 4 is 16.9 Å². The zero-order valence-electron chi connectivity index (χ0n) is 8.05. The van der Waals surface area contributed by atoms with Gasteiger partial charge in [-0.05, 0) is 6.07 Å². The number of rotatable bonds is 3. The lowest BCUT2D eigenvalue weighted by atomic mass is 10.2. The van der Waals surface area contributed by atoms with E-state index in [9.17, 15) is 4.79 Å². The molecule has 0 fully saturated rings.